The van der Waals surface area contributed by atoms with Gasteiger partial charge in [0.15, 0.2) is 34.4 Å². The maximum absolute atomic E-state index is 13.7. The smallest absolute Gasteiger partial charge is 0.166 e. The predicted octanol–water partition coefficient (Wildman–Crippen LogP) is 3.94. The highest BCUT2D eigenvalue weighted by molar-refractivity contribution is 5.86. The van der Waals surface area contributed by atoms with E-state index in [0.29, 0.717) is 25.6 Å². The van der Waals surface area contributed by atoms with Crippen molar-refractivity contribution < 1.29 is 18.6 Å². The van der Waals surface area contributed by atoms with Gasteiger partial charge in [0.1, 0.15) is 0 Å². The fourth-order valence-electron chi connectivity index (χ4n) is 5.35. The summed E-state index contributed by atoms with van der Waals surface area (Å²) in [6.07, 6.45) is 3.65. The zero-order valence-corrected chi connectivity index (χ0v) is 21.1. The Bertz CT molecular complexity index is 1430. The number of benzene rings is 2. The number of hydrogen-bond acceptors (Lipinski definition) is 7. The first-order valence-electron chi connectivity index (χ1n) is 13.0. The summed E-state index contributed by atoms with van der Waals surface area (Å²) in [5, 5.41) is 9.64. The van der Waals surface area contributed by atoms with E-state index in [0.717, 1.165) is 72.7 Å². The van der Waals surface area contributed by atoms with Crippen LogP contribution < -0.4 is 4.90 Å². The number of hydrogen-bond donors (Lipinski definition) is 1. The molecule has 4 heterocycles. The van der Waals surface area contributed by atoms with E-state index in [1.54, 1.807) is 6.07 Å². The number of imidazole rings is 1. The van der Waals surface area contributed by atoms with Crippen LogP contribution in [0.3, 0.4) is 0 Å². The number of anilines is 1. The number of likely N-dealkylation sites (tertiary alicyclic amines) is 1. The second-order valence-electron chi connectivity index (χ2n) is 9.91. The second kappa shape index (κ2) is 10.7. The molecule has 0 saturated carbocycles. The van der Waals surface area contributed by atoms with E-state index in [1.165, 1.54) is 12.1 Å². The molecular formula is C28H30F2N6O2. The Kier molecular flexibility index (Phi) is 7.01. The lowest BCUT2D eigenvalue weighted by molar-refractivity contribution is 0.122. The van der Waals surface area contributed by atoms with E-state index in [-0.39, 0.29) is 12.6 Å². The second-order valence-corrected chi connectivity index (χ2v) is 9.91. The summed E-state index contributed by atoms with van der Waals surface area (Å²) in [6, 6.07) is 12.0. The molecule has 2 fully saturated rings. The molecule has 0 aliphatic carbocycles. The SMILES string of the molecule is OCc1cccc(-c2nc(N3CCOCC3)c3ncn(C4CCN(Cc5ccc(F)c(F)c5)CC4)c3n2)c1. The summed E-state index contributed by atoms with van der Waals surface area (Å²) < 4.78 is 34.7. The summed E-state index contributed by atoms with van der Waals surface area (Å²) in [5.41, 5.74) is 4.00. The minimum Gasteiger partial charge on any atom is -0.392 e. The highest BCUT2D eigenvalue weighted by atomic mass is 19.2. The van der Waals surface area contributed by atoms with Gasteiger partial charge >= 0.3 is 0 Å². The van der Waals surface area contributed by atoms with Gasteiger partial charge in [-0.3, -0.25) is 4.90 Å². The van der Waals surface area contributed by atoms with Gasteiger partial charge in [0.05, 0.1) is 26.1 Å². The molecule has 2 saturated heterocycles. The molecule has 2 aliphatic rings. The number of halogens is 2. The number of aliphatic hydroxyl groups is 1. The Morgan fingerprint density at radius 2 is 1.74 bits per heavy atom. The Labute approximate surface area is 219 Å². The molecule has 2 aliphatic heterocycles. The van der Waals surface area contributed by atoms with Crippen molar-refractivity contribution in [1.29, 1.82) is 0 Å². The molecule has 0 amide bonds. The van der Waals surface area contributed by atoms with Gasteiger partial charge < -0.3 is 19.3 Å². The van der Waals surface area contributed by atoms with E-state index in [9.17, 15) is 13.9 Å². The van der Waals surface area contributed by atoms with Crippen molar-refractivity contribution in [3.63, 3.8) is 0 Å². The Morgan fingerprint density at radius 3 is 2.50 bits per heavy atom. The topological polar surface area (TPSA) is 79.5 Å². The first kappa shape index (κ1) is 24.8. The van der Waals surface area contributed by atoms with Crippen molar-refractivity contribution in [2.45, 2.75) is 32.0 Å². The lowest BCUT2D eigenvalue weighted by Gasteiger charge is -2.33. The number of piperidine rings is 1. The van der Waals surface area contributed by atoms with Crippen molar-refractivity contribution in [3.05, 3.63) is 71.6 Å². The number of aromatic nitrogens is 4. The molecule has 0 radical (unpaired) electrons. The van der Waals surface area contributed by atoms with Crippen molar-refractivity contribution in [1.82, 2.24) is 24.4 Å². The van der Waals surface area contributed by atoms with Gasteiger partial charge in [0.2, 0.25) is 0 Å². The van der Waals surface area contributed by atoms with E-state index in [2.05, 4.69) is 14.4 Å². The van der Waals surface area contributed by atoms with Crippen LogP contribution in [0.25, 0.3) is 22.6 Å². The summed E-state index contributed by atoms with van der Waals surface area (Å²) in [7, 11) is 0. The van der Waals surface area contributed by atoms with Gasteiger partial charge in [-0.2, -0.15) is 0 Å². The molecule has 10 heteroatoms. The lowest BCUT2D eigenvalue weighted by Crippen LogP contribution is -2.37. The van der Waals surface area contributed by atoms with E-state index in [1.807, 2.05) is 30.6 Å². The standard InChI is InChI=1S/C28H30F2N6O2/c29-23-5-4-19(15-24(23)30)16-34-8-6-22(7-9-34)36-18-31-25-27(35-10-12-38-13-11-35)32-26(33-28(25)36)21-3-1-2-20(14-21)17-37/h1-5,14-15,18,22,37H,6-13,16-17H2. The van der Waals surface area contributed by atoms with Crippen LogP contribution in [0.2, 0.25) is 0 Å². The summed E-state index contributed by atoms with van der Waals surface area (Å²) in [5.74, 6) is -0.220. The predicted molar refractivity (Wildman–Crippen MR) is 140 cm³/mol. The molecule has 38 heavy (non-hydrogen) atoms. The minimum absolute atomic E-state index is 0.0481. The highest BCUT2D eigenvalue weighted by Gasteiger charge is 2.26. The van der Waals surface area contributed by atoms with Gasteiger partial charge in [0, 0.05) is 44.3 Å². The molecule has 0 bridgehead atoms. The van der Waals surface area contributed by atoms with Crippen LogP contribution in [0.4, 0.5) is 14.6 Å². The number of aliphatic hydroxyl groups excluding tert-OH is 1. The van der Waals surface area contributed by atoms with Crippen molar-refractivity contribution in [2.24, 2.45) is 0 Å². The normalized spacial score (nSPS) is 17.4. The van der Waals surface area contributed by atoms with Gasteiger partial charge in [-0.25, -0.2) is 23.7 Å². The van der Waals surface area contributed by atoms with Crippen LogP contribution in [-0.4, -0.2) is 68.9 Å². The molecule has 0 atom stereocenters. The van der Waals surface area contributed by atoms with Crippen LogP contribution in [0, 0.1) is 11.6 Å². The Balaban J connectivity index is 1.29. The van der Waals surface area contributed by atoms with E-state index >= 15 is 0 Å². The largest absolute Gasteiger partial charge is 0.392 e. The molecule has 1 N–H and O–H groups in total. The molecule has 0 spiro atoms. The first-order valence-corrected chi connectivity index (χ1v) is 13.0. The monoisotopic (exact) mass is 520 g/mol. The van der Waals surface area contributed by atoms with Gasteiger partial charge in [-0.15, -0.1) is 0 Å². The molecule has 8 nitrogen and oxygen atoms in total. The van der Waals surface area contributed by atoms with Crippen molar-refractivity contribution in [3.8, 4) is 11.4 Å². The molecule has 4 aromatic rings. The lowest BCUT2D eigenvalue weighted by atomic mass is 10.0. The van der Waals surface area contributed by atoms with E-state index in [4.69, 9.17) is 19.7 Å². The summed E-state index contributed by atoms with van der Waals surface area (Å²) in [4.78, 5) is 19.1. The number of fused-ring (bicyclic) bond motifs is 1. The summed E-state index contributed by atoms with van der Waals surface area (Å²) in [6.45, 7) is 4.94. The molecule has 198 valence electrons. The Hall–Kier alpha value is -3.47. The van der Waals surface area contributed by atoms with Gasteiger partial charge in [-0.1, -0.05) is 24.3 Å². The zero-order chi connectivity index (χ0) is 26.1. The zero-order valence-electron chi connectivity index (χ0n) is 21.1. The average molecular weight is 521 g/mol. The molecule has 0 unspecified atom stereocenters. The number of morpholine rings is 1. The van der Waals surface area contributed by atoms with Crippen molar-refractivity contribution in [2.75, 3.05) is 44.3 Å². The number of ether oxygens (including phenoxy) is 1. The molecule has 2 aromatic heterocycles. The fraction of sp³-hybridized carbons (Fsp3) is 0.393. The van der Waals surface area contributed by atoms with Gasteiger partial charge in [-0.05, 0) is 42.2 Å². The molecular weight excluding hydrogens is 490 g/mol. The number of nitrogens with zero attached hydrogens (tertiary/aromatic N) is 6. The van der Waals surface area contributed by atoms with Gasteiger partial charge in [0.25, 0.3) is 0 Å². The molecule has 6 rings (SSSR count). The van der Waals surface area contributed by atoms with Crippen LogP contribution in [0.1, 0.15) is 30.0 Å². The summed E-state index contributed by atoms with van der Waals surface area (Å²) >= 11 is 0. The maximum atomic E-state index is 13.7. The average Bonchev–Trinajstić information content (AvgIpc) is 3.39. The van der Waals surface area contributed by atoms with Crippen LogP contribution in [0.15, 0.2) is 48.8 Å². The molecule has 2 aromatic carbocycles. The third-order valence-corrected chi connectivity index (χ3v) is 7.42. The Morgan fingerprint density at radius 1 is 0.921 bits per heavy atom. The minimum atomic E-state index is -0.819. The fourth-order valence-corrected chi connectivity index (χ4v) is 5.35. The van der Waals surface area contributed by atoms with E-state index < -0.39 is 11.6 Å². The van der Waals surface area contributed by atoms with Crippen LogP contribution in [-0.2, 0) is 17.9 Å². The van der Waals surface area contributed by atoms with Crippen LogP contribution in [0.5, 0.6) is 0 Å². The first-order chi connectivity index (χ1) is 18.6. The maximum Gasteiger partial charge on any atom is 0.166 e. The third kappa shape index (κ3) is 4.99. The number of rotatable bonds is 6. The van der Waals surface area contributed by atoms with Crippen LogP contribution >= 0.6 is 0 Å². The highest BCUT2D eigenvalue weighted by Crippen LogP contribution is 2.32. The third-order valence-electron chi connectivity index (χ3n) is 7.42. The quantitative estimate of drug-likeness (QED) is 0.413. The van der Waals surface area contributed by atoms with Crippen molar-refractivity contribution >= 4 is 17.0 Å².